The third-order valence-corrected chi connectivity index (χ3v) is 3.44. The molecule has 0 saturated heterocycles. The highest BCUT2D eigenvalue weighted by Gasteiger charge is 2.27. The molecule has 0 radical (unpaired) electrons. The summed E-state index contributed by atoms with van der Waals surface area (Å²) in [4.78, 5) is 11.2. The summed E-state index contributed by atoms with van der Waals surface area (Å²) < 4.78 is 10.6. The molecule has 1 aliphatic rings. The molecule has 0 saturated carbocycles. The van der Waals surface area contributed by atoms with Crippen LogP contribution in [0.3, 0.4) is 0 Å². The van der Waals surface area contributed by atoms with Crippen LogP contribution in [-0.2, 0) is 11.2 Å². The number of hydrogen-bond donors (Lipinski definition) is 2. The predicted molar refractivity (Wildman–Crippen MR) is 72.4 cm³/mol. The van der Waals surface area contributed by atoms with Gasteiger partial charge in [-0.15, -0.1) is 0 Å². The smallest absolute Gasteiger partial charge is 0.219 e. The predicted octanol–water partition coefficient (Wildman–Crippen LogP) is 1.15. The second-order valence-corrected chi connectivity index (χ2v) is 4.90. The Morgan fingerprint density at radius 1 is 1.37 bits per heavy atom. The molecule has 5 nitrogen and oxygen atoms in total. The van der Waals surface area contributed by atoms with Crippen LogP contribution < -0.4 is 20.5 Å². The van der Waals surface area contributed by atoms with E-state index in [1.54, 1.807) is 14.2 Å². The van der Waals surface area contributed by atoms with Gasteiger partial charge in [0.2, 0.25) is 5.91 Å². The zero-order chi connectivity index (χ0) is 14.0. The first kappa shape index (κ1) is 13.7. The number of nitrogens with one attached hydrogen (secondary N) is 1. The van der Waals surface area contributed by atoms with Gasteiger partial charge in [-0.3, -0.25) is 4.79 Å². The molecule has 1 aromatic rings. The Hall–Kier alpha value is -1.75. The monoisotopic (exact) mass is 264 g/mol. The van der Waals surface area contributed by atoms with Crippen molar-refractivity contribution in [2.75, 3.05) is 14.2 Å². The van der Waals surface area contributed by atoms with Crippen LogP contribution in [0.15, 0.2) is 12.1 Å². The van der Waals surface area contributed by atoms with Gasteiger partial charge in [-0.25, -0.2) is 0 Å². The highest BCUT2D eigenvalue weighted by molar-refractivity contribution is 5.75. The van der Waals surface area contributed by atoms with Crippen molar-refractivity contribution < 1.29 is 14.3 Å². The molecule has 0 aliphatic carbocycles. The van der Waals surface area contributed by atoms with Crippen molar-refractivity contribution in [1.82, 2.24) is 5.32 Å². The molecule has 0 aromatic heterocycles. The van der Waals surface area contributed by atoms with E-state index >= 15 is 0 Å². The second kappa shape index (κ2) is 5.48. The molecule has 5 heteroatoms. The molecule has 1 aliphatic heterocycles. The van der Waals surface area contributed by atoms with Gasteiger partial charge in [0.05, 0.1) is 14.2 Å². The summed E-state index contributed by atoms with van der Waals surface area (Å²) in [5.74, 6) is 1.08. The minimum absolute atomic E-state index is 0.0592. The van der Waals surface area contributed by atoms with Crippen molar-refractivity contribution in [2.24, 2.45) is 5.73 Å². The lowest BCUT2D eigenvalue weighted by Crippen LogP contribution is -2.39. The number of ether oxygens (including phenoxy) is 2. The highest BCUT2D eigenvalue weighted by Crippen LogP contribution is 2.37. The van der Waals surface area contributed by atoms with Crippen LogP contribution in [0.1, 0.15) is 30.5 Å². The number of benzene rings is 1. The number of nitrogens with two attached hydrogens (primary N) is 1. The maximum atomic E-state index is 11.2. The third-order valence-electron chi connectivity index (χ3n) is 3.44. The third kappa shape index (κ3) is 2.81. The van der Waals surface area contributed by atoms with Crippen molar-refractivity contribution in [3.05, 3.63) is 23.3 Å². The number of rotatable bonds is 4. The Morgan fingerprint density at radius 2 is 2.00 bits per heavy atom. The highest BCUT2D eigenvalue weighted by atomic mass is 16.5. The van der Waals surface area contributed by atoms with E-state index in [1.807, 2.05) is 12.1 Å². The maximum absolute atomic E-state index is 11.2. The standard InChI is InChI=1S/C14H20N2O3/c1-8-4-9-5-12(18-2)13(19-3)6-10(9)11(16-8)7-14(15)17/h5-6,8,11,16H,4,7H2,1-3H3,(H2,15,17)/t8-,11+/m0/s1. The van der Waals surface area contributed by atoms with Gasteiger partial charge in [-0.2, -0.15) is 0 Å². The topological polar surface area (TPSA) is 73.6 Å². The Labute approximate surface area is 113 Å². The maximum Gasteiger partial charge on any atom is 0.219 e. The van der Waals surface area contributed by atoms with Crippen molar-refractivity contribution in [3.8, 4) is 11.5 Å². The van der Waals surface area contributed by atoms with Crippen molar-refractivity contribution in [3.63, 3.8) is 0 Å². The van der Waals surface area contributed by atoms with E-state index in [9.17, 15) is 4.79 Å². The molecule has 2 rings (SSSR count). The Kier molecular flexibility index (Phi) is 3.95. The number of carbonyl (C=O) groups is 1. The fraction of sp³-hybridized carbons (Fsp3) is 0.500. The average Bonchev–Trinajstić information content (AvgIpc) is 2.36. The van der Waals surface area contributed by atoms with Gasteiger partial charge in [0.25, 0.3) is 0 Å². The molecule has 2 atom stereocenters. The molecule has 0 unspecified atom stereocenters. The summed E-state index contributed by atoms with van der Waals surface area (Å²) in [6.45, 7) is 2.09. The van der Waals surface area contributed by atoms with E-state index in [0.29, 0.717) is 17.5 Å². The molecule has 0 spiro atoms. The fourth-order valence-electron chi connectivity index (χ4n) is 2.63. The molecule has 1 amide bonds. The number of methoxy groups -OCH3 is 2. The molecule has 0 bridgehead atoms. The van der Waals surface area contributed by atoms with E-state index in [0.717, 1.165) is 12.0 Å². The second-order valence-electron chi connectivity index (χ2n) is 4.90. The first-order valence-corrected chi connectivity index (χ1v) is 6.34. The molecule has 19 heavy (non-hydrogen) atoms. The number of hydrogen-bond acceptors (Lipinski definition) is 4. The Morgan fingerprint density at radius 3 is 2.58 bits per heavy atom. The molecule has 104 valence electrons. The fourth-order valence-corrected chi connectivity index (χ4v) is 2.63. The van der Waals surface area contributed by atoms with Crippen molar-refractivity contribution in [1.29, 1.82) is 0 Å². The number of carbonyl (C=O) groups excluding carboxylic acids is 1. The van der Waals surface area contributed by atoms with Crippen LogP contribution in [0.4, 0.5) is 0 Å². The minimum Gasteiger partial charge on any atom is -0.493 e. The number of amides is 1. The van der Waals surface area contributed by atoms with E-state index in [4.69, 9.17) is 15.2 Å². The average molecular weight is 264 g/mol. The van der Waals surface area contributed by atoms with E-state index in [1.165, 1.54) is 5.56 Å². The summed E-state index contributed by atoms with van der Waals surface area (Å²) in [7, 11) is 3.22. The number of fused-ring (bicyclic) bond motifs is 1. The van der Waals surface area contributed by atoms with E-state index in [-0.39, 0.29) is 18.4 Å². The first-order chi connectivity index (χ1) is 9.05. The van der Waals surface area contributed by atoms with Crippen LogP contribution >= 0.6 is 0 Å². The van der Waals surface area contributed by atoms with Gasteiger partial charge in [-0.1, -0.05) is 0 Å². The van der Waals surface area contributed by atoms with E-state index in [2.05, 4.69) is 12.2 Å². The lowest BCUT2D eigenvalue weighted by atomic mass is 9.88. The van der Waals surface area contributed by atoms with Crippen molar-refractivity contribution in [2.45, 2.75) is 31.8 Å². The van der Waals surface area contributed by atoms with E-state index < -0.39 is 0 Å². The summed E-state index contributed by atoms with van der Waals surface area (Å²) >= 11 is 0. The summed E-state index contributed by atoms with van der Waals surface area (Å²) in [6.07, 6.45) is 1.18. The van der Waals surface area contributed by atoms with Gasteiger partial charge in [0.15, 0.2) is 11.5 Å². The summed E-state index contributed by atoms with van der Waals surface area (Å²) in [5.41, 5.74) is 7.56. The van der Waals surface area contributed by atoms with Crippen LogP contribution in [-0.4, -0.2) is 26.2 Å². The number of primary amides is 1. The first-order valence-electron chi connectivity index (χ1n) is 6.34. The summed E-state index contributed by atoms with van der Waals surface area (Å²) in [6, 6.07) is 4.16. The zero-order valence-corrected chi connectivity index (χ0v) is 11.5. The molecule has 0 fully saturated rings. The van der Waals surface area contributed by atoms with Gasteiger partial charge in [-0.05, 0) is 36.6 Å². The van der Waals surface area contributed by atoms with Crippen LogP contribution in [0, 0.1) is 0 Å². The van der Waals surface area contributed by atoms with Crippen LogP contribution in [0.25, 0.3) is 0 Å². The SMILES string of the molecule is COc1cc2c(cc1OC)[C@@H](CC(N)=O)N[C@@H](C)C2. The Bertz CT molecular complexity index is 488. The van der Waals surface area contributed by atoms with Crippen molar-refractivity contribution >= 4 is 5.91 Å². The lowest BCUT2D eigenvalue weighted by Gasteiger charge is -2.31. The Balaban J connectivity index is 2.44. The zero-order valence-electron chi connectivity index (χ0n) is 11.5. The quantitative estimate of drug-likeness (QED) is 0.855. The normalized spacial score (nSPS) is 21.6. The molecular weight excluding hydrogens is 244 g/mol. The molecule has 1 aromatic carbocycles. The molecule has 1 heterocycles. The molecule has 3 N–H and O–H groups in total. The van der Waals surface area contributed by atoms with Crippen LogP contribution in [0.5, 0.6) is 11.5 Å². The molecular formula is C14H20N2O3. The lowest BCUT2D eigenvalue weighted by molar-refractivity contribution is -0.118. The van der Waals surface area contributed by atoms with Crippen LogP contribution in [0.2, 0.25) is 0 Å². The van der Waals surface area contributed by atoms with Gasteiger partial charge in [0.1, 0.15) is 0 Å². The van der Waals surface area contributed by atoms with Gasteiger partial charge < -0.3 is 20.5 Å². The largest absolute Gasteiger partial charge is 0.493 e. The van der Waals surface area contributed by atoms with Gasteiger partial charge >= 0.3 is 0 Å². The van der Waals surface area contributed by atoms with Gasteiger partial charge in [0, 0.05) is 18.5 Å². The minimum atomic E-state index is -0.313. The summed E-state index contributed by atoms with van der Waals surface area (Å²) in [5, 5.41) is 3.40.